The highest BCUT2D eigenvalue weighted by Crippen LogP contribution is 2.29. The maximum atomic E-state index is 3.55. The Kier molecular flexibility index (Phi) is 2.75. The number of aryl methyl sites for hydroxylation is 2. The SMILES string of the molecule is Cc1cc(-c2cc3ccccc3n2C)ccc1Br. The van der Waals surface area contributed by atoms with Crippen molar-refractivity contribution in [3.8, 4) is 11.3 Å². The summed E-state index contributed by atoms with van der Waals surface area (Å²) in [6.07, 6.45) is 0. The average Bonchev–Trinajstić information content (AvgIpc) is 2.71. The summed E-state index contributed by atoms with van der Waals surface area (Å²) in [5, 5.41) is 1.29. The standard InChI is InChI=1S/C16H14BrN/c1-11-9-13(7-8-14(11)17)16-10-12-5-3-4-6-15(12)18(16)2/h3-10H,1-2H3. The van der Waals surface area contributed by atoms with E-state index in [4.69, 9.17) is 0 Å². The van der Waals surface area contributed by atoms with Crippen LogP contribution < -0.4 is 0 Å². The summed E-state index contributed by atoms with van der Waals surface area (Å²) in [6, 6.07) is 17.2. The number of aromatic nitrogens is 1. The van der Waals surface area contributed by atoms with Crippen molar-refractivity contribution in [2.45, 2.75) is 6.92 Å². The second-order valence-electron chi connectivity index (χ2n) is 4.61. The predicted octanol–water partition coefficient (Wildman–Crippen LogP) is 4.92. The third kappa shape index (κ3) is 1.77. The topological polar surface area (TPSA) is 4.93 Å². The lowest BCUT2D eigenvalue weighted by molar-refractivity contribution is 0.978. The van der Waals surface area contributed by atoms with E-state index in [2.05, 4.69) is 83.0 Å². The molecule has 0 radical (unpaired) electrons. The van der Waals surface area contributed by atoms with Crippen LogP contribution in [0.15, 0.2) is 53.0 Å². The fourth-order valence-corrected chi connectivity index (χ4v) is 2.62. The highest BCUT2D eigenvalue weighted by atomic mass is 79.9. The lowest BCUT2D eigenvalue weighted by atomic mass is 10.1. The first-order chi connectivity index (χ1) is 8.66. The van der Waals surface area contributed by atoms with Crippen LogP contribution in [0.1, 0.15) is 5.56 Å². The first-order valence-electron chi connectivity index (χ1n) is 5.98. The van der Waals surface area contributed by atoms with Crippen molar-refractivity contribution < 1.29 is 0 Å². The van der Waals surface area contributed by atoms with Gasteiger partial charge in [0.25, 0.3) is 0 Å². The van der Waals surface area contributed by atoms with Gasteiger partial charge in [-0.2, -0.15) is 0 Å². The number of rotatable bonds is 1. The van der Waals surface area contributed by atoms with Gasteiger partial charge < -0.3 is 4.57 Å². The normalized spacial score (nSPS) is 11.1. The van der Waals surface area contributed by atoms with Gasteiger partial charge in [0.05, 0.1) is 0 Å². The largest absolute Gasteiger partial charge is 0.344 e. The van der Waals surface area contributed by atoms with E-state index in [1.807, 2.05) is 0 Å². The molecular weight excluding hydrogens is 286 g/mol. The van der Waals surface area contributed by atoms with E-state index >= 15 is 0 Å². The molecule has 2 aromatic carbocycles. The Morgan fingerprint density at radius 3 is 2.50 bits per heavy atom. The van der Waals surface area contributed by atoms with Gasteiger partial charge in [-0.3, -0.25) is 0 Å². The molecule has 2 heteroatoms. The van der Waals surface area contributed by atoms with Gasteiger partial charge >= 0.3 is 0 Å². The van der Waals surface area contributed by atoms with Gasteiger partial charge in [0.1, 0.15) is 0 Å². The number of benzene rings is 2. The molecule has 90 valence electrons. The maximum Gasteiger partial charge on any atom is 0.0488 e. The van der Waals surface area contributed by atoms with Crippen LogP contribution >= 0.6 is 15.9 Å². The number of hydrogen-bond donors (Lipinski definition) is 0. The number of para-hydroxylation sites is 1. The Bertz CT molecular complexity index is 725. The van der Waals surface area contributed by atoms with E-state index in [9.17, 15) is 0 Å². The van der Waals surface area contributed by atoms with Crippen molar-refractivity contribution in [2.24, 2.45) is 7.05 Å². The van der Waals surface area contributed by atoms with Crippen LogP contribution in [0.5, 0.6) is 0 Å². The van der Waals surface area contributed by atoms with Crippen molar-refractivity contribution >= 4 is 26.8 Å². The van der Waals surface area contributed by atoms with Crippen molar-refractivity contribution in [1.29, 1.82) is 0 Å². The molecule has 0 aliphatic carbocycles. The molecule has 3 rings (SSSR count). The Hall–Kier alpha value is -1.54. The van der Waals surface area contributed by atoms with Crippen LogP contribution in [0.4, 0.5) is 0 Å². The number of fused-ring (bicyclic) bond motifs is 1. The summed E-state index contributed by atoms with van der Waals surface area (Å²) < 4.78 is 3.41. The van der Waals surface area contributed by atoms with Gasteiger partial charge in [-0.1, -0.05) is 40.2 Å². The minimum absolute atomic E-state index is 1.16. The van der Waals surface area contributed by atoms with Crippen LogP contribution in [-0.4, -0.2) is 4.57 Å². The molecule has 0 amide bonds. The van der Waals surface area contributed by atoms with Crippen molar-refractivity contribution in [3.05, 3.63) is 58.6 Å². The van der Waals surface area contributed by atoms with E-state index in [0.29, 0.717) is 0 Å². The second-order valence-corrected chi connectivity index (χ2v) is 5.47. The molecule has 0 fully saturated rings. The highest BCUT2D eigenvalue weighted by Gasteiger charge is 2.08. The predicted molar refractivity (Wildman–Crippen MR) is 80.8 cm³/mol. The molecule has 1 aromatic heterocycles. The van der Waals surface area contributed by atoms with Gasteiger partial charge in [0.15, 0.2) is 0 Å². The van der Waals surface area contributed by atoms with Crippen LogP contribution in [-0.2, 0) is 7.05 Å². The molecule has 1 nitrogen and oxygen atoms in total. The second kappa shape index (κ2) is 4.29. The first-order valence-corrected chi connectivity index (χ1v) is 6.77. The molecule has 0 spiro atoms. The van der Waals surface area contributed by atoms with E-state index in [1.165, 1.54) is 27.7 Å². The number of nitrogens with zero attached hydrogens (tertiary/aromatic N) is 1. The summed E-state index contributed by atoms with van der Waals surface area (Å²) >= 11 is 3.55. The van der Waals surface area contributed by atoms with Crippen molar-refractivity contribution in [1.82, 2.24) is 4.57 Å². The van der Waals surface area contributed by atoms with Gasteiger partial charge in [0, 0.05) is 28.1 Å². The minimum Gasteiger partial charge on any atom is -0.344 e. The van der Waals surface area contributed by atoms with Gasteiger partial charge in [-0.25, -0.2) is 0 Å². The minimum atomic E-state index is 1.16. The number of hydrogen-bond acceptors (Lipinski definition) is 0. The summed E-state index contributed by atoms with van der Waals surface area (Å²) in [5.74, 6) is 0. The smallest absolute Gasteiger partial charge is 0.0488 e. The zero-order valence-corrected chi connectivity index (χ0v) is 12.0. The lowest BCUT2D eigenvalue weighted by Gasteiger charge is -2.06. The summed E-state index contributed by atoms with van der Waals surface area (Å²) in [7, 11) is 2.12. The third-order valence-electron chi connectivity index (χ3n) is 3.41. The number of halogens is 1. The molecule has 0 aliphatic rings. The zero-order valence-electron chi connectivity index (χ0n) is 10.4. The van der Waals surface area contributed by atoms with Crippen LogP contribution in [0.25, 0.3) is 22.2 Å². The molecule has 0 aliphatic heterocycles. The molecule has 0 atom stereocenters. The average molecular weight is 300 g/mol. The molecular formula is C16H14BrN. The van der Waals surface area contributed by atoms with Crippen molar-refractivity contribution in [2.75, 3.05) is 0 Å². The van der Waals surface area contributed by atoms with Crippen LogP contribution in [0, 0.1) is 6.92 Å². The fraction of sp³-hybridized carbons (Fsp3) is 0.125. The van der Waals surface area contributed by atoms with E-state index in [-0.39, 0.29) is 0 Å². The lowest BCUT2D eigenvalue weighted by Crippen LogP contribution is -1.91. The van der Waals surface area contributed by atoms with Gasteiger partial charge in [-0.15, -0.1) is 0 Å². The summed E-state index contributed by atoms with van der Waals surface area (Å²) in [4.78, 5) is 0. The molecule has 18 heavy (non-hydrogen) atoms. The first kappa shape index (κ1) is 11.5. The molecule has 0 saturated heterocycles. The monoisotopic (exact) mass is 299 g/mol. The molecule has 3 aromatic rings. The highest BCUT2D eigenvalue weighted by molar-refractivity contribution is 9.10. The van der Waals surface area contributed by atoms with E-state index in [0.717, 1.165) is 4.47 Å². The quantitative estimate of drug-likeness (QED) is 0.601. The zero-order chi connectivity index (χ0) is 12.7. The van der Waals surface area contributed by atoms with Crippen molar-refractivity contribution in [3.63, 3.8) is 0 Å². The van der Waals surface area contributed by atoms with Gasteiger partial charge in [0.2, 0.25) is 0 Å². The van der Waals surface area contributed by atoms with Crippen LogP contribution in [0.2, 0.25) is 0 Å². The van der Waals surface area contributed by atoms with Gasteiger partial charge in [-0.05, 0) is 42.3 Å². The Morgan fingerprint density at radius 1 is 1.00 bits per heavy atom. The third-order valence-corrected chi connectivity index (χ3v) is 4.30. The fourth-order valence-electron chi connectivity index (χ4n) is 2.37. The molecule has 0 saturated carbocycles. The molecule has 0 unspecified atom stereocenters. The Labute approximate surface area is 115 Å². The summed E-state index contributed by atoms with van der Waals surface area (Å²) in [5.41, 5.74) is 5.05. The maximum absolute atomic E-state index is 3.55. The molecule has 0 N–H and O–H groups in total. The Morgan fingerprint density at radius 2 is 1.78 bits per heavy atom. The van der Waals surface area contributed by atoms with E-state index < -0.39 is 0 Å². The van der Waals surface area contributed by atoms with Crippen LogP contribution in [0.3, 0.4) is 0 Å². The molecule has 0 bridgehead atoms. The van der Waals surface area contributed by atoms with E-state index in [1.54, 1.807) is 0 Å². The summed E-state index contributed by atoms with van der Waals surface area (Å²) in [6.45, 7) is 2.12. The molecule has 1 heterocycles. The Balaban J connectivity index is 2.25.